The van der Waals surface area contributed by atoms with Crippen LogP contribution in [0.25, 0.3) is 32.8 Å². The van der Waals surface area contributed by atoms with Crippen molar-refractivity contribution < 1.29 is 5.11 Å². The van der Waals surface area contributed by atoms with Crippen LogP contribution in [0, 0.1) is 11.8 Å². The predicted octanol–water partition coefficient (Wildman–Crippen LogP) is 7.21. The van der Waals surface area contributed by atoms with Crippen molar-refractivity contribution >= 4 is 44.2 Å². The fourth-order valence-corrected chi connectivity index (χ4v) is 4.98. The highest BCUT2D eigenvalue weighted by molar-refractivity contribution is 6.02. The zero-order valence-corrected chi connectivity index (χ0v) is 24.1. The molecule has 0 aliphatic rings. The van der Waals surface area contributed by atoms with Crippen molar-refractivity contribution in [2.45, 2.75) is 40.3 Å². The second kappa shape index (κ2) is 12.4. The lowest BCUT2D eigenvalue weighted by Crippen LogP contribution is -2.13. The van der Waals surface area contributed by atoms with Crippen LogP contribution in [0.2, 0.25) is 0 Å². The molecule has 0 radical (unpaired) electrons. The lowest BCUT2D eigenvalue weighted by atomic mass is 10.1. The second-order valence-electron chi connectivity index (χ2n) is 11.2. The third-order valence-corrected chi connectivity index (χ3v) is 6.91. The van der Waals surface area contributed by atoms with Crippen LogP contribution in [-0.4, -0.2) is 31.2 Å². The maximum atomic E-state index is 11.0. The van der Waals surface area contributed by atoms with Gasteiger partial charge < -0.3 is 20.7 Å². The number of nitrogen functional groups attached to an aromatic ring is 1. The number of aliphatic hydroxyl groups excluding tert-OH is 1. The minimum Gasteiger partial charge on any atom is -0.396 e. The average molecular weight is 547 g/mol. The SMILES string of the molecule is CC(C)CNc1c(N)cnc2ccccc12.CC(C)Cn1c(C(O)c2ccccc2)nc2cnc3ccccc3c21. The Kier molecular flexibility index (Phi) is 8.45. The smallest absolute Gasteiger partial charge is 0.143 e. The molecule has 210 valence electrons. The molecule has 7 nitrogen and oxygen atoms in total. The second-order valence-corrected chi connectivity index (χ2v) is 11.2. The molecule has 0 aliphatic heterocycles. The molecule has 0 saturated carbocycles. The Hall–Kier alpha value is -4.49. The highest BCUT2D eigenvalue weighted by Crippen LogP contribution is 2.30. The molecule has 0 bridgehead atoms. The van der Waals surface area contributed by atoms with Gasteiger partial charge >= 0.3 is 0 Å². The molecule has 0 amide bonds. The van der Waals surface area contributed by atoms with Crippen molar-refractivity contribution in [2.24, 2.45) is 11.8 Å². The number of nitrogens with zero attached hydrogens (tertiary/aromatic N) is 4. The van der Waals surface area contributed by atoms with Gasteiger partial charge in [-0.05, 0) is 29.5 Å². The van der Waals surface area contributed by atoms with Crippen LogP contribution in [0.1, 0.15) is 45.2 Å². The molecule has 6 aromatic rings. The van der Waals surface area contributed by atoms with Gasteiger partial charge in [-0.1, -0.05) is 94.4 Å². The van der Waals surface area contributed by atoms with Crippen LogP contribution in [0.5, 0.6) is 0 Å². The third kappa shape index (κ3) is 6.15. The number of hydrogen-bond acceptors (Lipinski definition) is 6. The van der Waals surface area contributed by atoms with Crippen LogP contribution in [0.15, 0.2) is 91.3 Å². The number of aromatic nitrogens is 4. The molecule has 3 aromatic carbocycles. The number of hydrogen-bond donors (Lipinski definition) is 3. The van der Waals surface area contributed by atoms with Gasteiger partial charge in [-0.25, -0.2) is 4.98 Å². The van der Waals surface area contributed by atoms with E-state index in [1.165, 1.54) is 0 Å². The van der Waals surface area contributed by atoms with E-state index in [2.05, 4.69) is 53.6 Å². The van der Waals surface area contributed by atoms with E-state index in [0.717, 1.165) is 57.2 Å². The Balaban J connectivity index is 0.000000182. The lowest BCUT2D eigenvalue weighted by Gasteiger charge is -2.16. The van der Waals surface area contributed by atoms with E-state index in [1.807, 2.05) is 72.8 Å². The number of anilines is 2. The minimum atomic E-state index is -0.758. The van der Waals surface area contributed by atoms with Crippen LogP contribution in [-0.2, 0) is 6.54 Å². The first-order valence-corrected chi connectivity index (χ1v) is 14.2. The number of imidazole rings is 1. The van der Waals surface area contributed by atoms with E-state index < -0.39 is 6.10 Å². The summed E-state index contributed by atoms with van der Waals surface area (Å²) in [6.45, 7) is 10.4. The highest BCUT2D eigenvalue weighted by atomic mass is 16.3. The predicted molar refractivity (Wildman–Crippen MR) is 170 cm³/mol. The summed E-state index contributed by atoms with van der Waals surface area (Å²) in [7, 11) is 0. The van der Waals surface area contributed by atoms with Gasteiger partial charge in [0.15, 0.2) is 0 Å². The number of nitrogens with two attached hydrogens (primary N) is 1. The molecular weight excluding hydrogens is 508 g/mol. The largest absolute Gasteiger partial charge is 0.396 e. The van der Waals surface area contributed by atoms with Gasteiger partial charge in [0, 0.05) is 23.9 Å². The molecule has 6 rings (SSSR count). The van der Waals surface area contributed by atoms with Gasteiger partial charge in [0.1, 0.15) is 17.4 Å². The molecule has 3 aromatic heterocycles. The van der Waals surface area contributed by atoms with E-state index in [4.69, 9.17) is 10.7 Å². The van der Waals surface area contributed by atoms with Crippen molar-refractivity contribution in [1.29, 1.82) is 0 Å². The third-order valence-electron chi connectivity index (χ3n) is 6.91. The van der Waals surface area contributed by atoms with Crippen LogP contribution in [0.3, 0.4) is 0 Å². The van der Waals surface area contributed by atoms with Gasteiger partial charge in [-0.3, -0.25) is 9.97 Å². The summed E-state index contributed by atoms with van der Waals surface area (Å²) in [6, 6.07) is 25.8. The first-order chi connectivity index (χ1) is 19.8. The Morgan fingerprint density at radius 2 is 1.37 bits per heavy atom. The van der Waals surface area contributed by atoms with Crippen LogP contribution < -0.4 is 11.1 Å². The Labute approximate surface area is 241 Å². The van der Waals surface area contributed by atoms with Crippen LogP contribution in [0.4, 0.5) is 11.4 Å². The summed E-state index contributed by atoms with van der Waals surface area (Å²) in [5.74, 6) is 1.70. The first kappa shape index (κ1) is 28.1. The number of pyridine rings is 2. The minimum absolute atomic E-state index is 0.436. The van der Waals surface area contributed by atoms with Gasteiger partial charge in [0.2, 0.25) is 0 Å². The lowest BCUT2D eigenvalue weighted by molar-refractivity contribution is 0.203. The van der Waals surface area contributed by atoms with Gasteiger partial charge in [-0.2, -0.15) is 0 Å². The maximum Gasteiger partial charge on any atom is 0.143 e. The monoisotopic (exact) mass is 546 g/mol. The Bertz CT molecular complexity index is 1760. The van der Waals surface area contributed by atoms with Crippen molar-refractivity contribution in [3.05, 3.63) is 103 Å². The molecule has 4 N–H and O–H groups in total. The fraction of sp³-hybridized carbons (Fsp3) is 0.265. The number of benzene rings is 3. The summed E-state index contributed by atoms with van der Waals surface area (Å²) in [6.07, 6.45) is 2.76. The van der Waals surface area contributed by atoms with E-state index >= 15 is 0 Å². The summed E-state index contributed by atoms with van der Waals surface area (Å²) in [5, 5.41) is 16.5. The fourth-order valence-electron chi connectivity index (χ4n) is 4.98. The zero-order valence-electron chi connectivity index (χ0n) is 24.1. The molecular formula is C34H38N6O. The Morgan fingerprint density at radius 1 is 0.756 bits per heavy atom. The van der Waals surface area contributed by atoms with Gasteiger partial charge in [-0.15, -0.1) is 0 Å². The molecule has 0 aliphatic carbocycles. The van der Waals surface area contributed by atoms with Crippen molar-refractivity contribution in [2.75, 3.05) is 17.6 Å². The number of fused-ring (bicyclic) bond motifs is 4. The molecule has 0 spiro atoms. The van der Waals surface area contributed by atoms with E-state index in [-0.39, 0.29) is 0 Å². The normalized spacial score (nSPS) is 12.2. The topological polar surface area (TPSA) is 102 Å². The first-order valence-electron chi connectivity index (χ1n) is 14.2. The van der Waals surface area contributed by atoms with E-state index in [0.29, 0.717) is 23.3 Å². The van der Waals surface area contributed by atoms with Gasteiger partial charge in [0.25, 0.3) is 0 Å². The molecule has 41 heavy (non-hydrogen) atoms. The summed E-state index contributed by atoms with van der Waals surface area (Å²) in [4.78, 5) is 13.6. The van der Waals surface area contributed by atoms with E-state index in [9.17, 15) is 5.11 Å². The highest BCUT2D eigenvalue weighted by Gasteiger charge is 2.22. The molecule has 1 atom stereocenters. The van der Waals surface area contributed by atoms with Crippen molar-refractivity contribution in [1.82, 2.24) is 19.5 Å². The van der Waals surface area contributed by atoms with Gasteiger partial charge in [0.05, 0.1) is 40.3 Å². The van der Waals surface area contributed by atoms with E-state index in [1.54, 1.807) is 12.4 Å². The number of aliphatic hydroxyl groups is 1. The number of nitrogens with one attached hydrogen (secondary N) is 1. The summed E-state index contributed by atoms with van der Waals surface area (Å²) >= 11 is 0. The van der Waals surface area contributed by atoms with Crippen molar-refractivity contribution in [3.8, 4) is 0 Å². The maximum absolute atomic E-state index is 11.0. The molecule has 0 fully saturated rings. The molecule has 3 heterocycles. The van der Waals surface area contributed by atoms with Crippen molar-refractivity contribution in [3.63, 3.8) is 0 Å². The Morgan fingerprint density at radius 3 is 2.05 bits per heavy atom. The summed E-state index contributed by atoms with van der Waals surface area (Å²) in [5.41, 5.74) is 12.3. The zero-order chi connectivity index (χ0) is 28.9. The number of para-hydroxylation sites is 2. The molecule has 0 saturated heterocycles. The standard InChI is InChI=1S/C21H21N3O.C13H17N3/c1-14(2)13-24-19-16-10-6-7-11-17(16)22-12-18(19)23-21(24)20(25)15-8-4-3-5-9-15;1-9(2)7-16-13-10-5-3-4-6-12(10)15-8-11(13)14/h3-12,14,20,25H,13H2,1-2H3;3-6,8-9H,7,14H2,1-2H3,(H,15,16). The molecule has 1 unspecified atom stereocenters. The number of rotatable bonds is 7. The average Bonchev–Trinajstić information content (AvgIpc) is 3.35. The quantitative estimate of drug-likeness (QED) is 0.196. The molecule has 7 heteroatoms. The summed E-state index contributed by atoms with van der Waals surface area (Å²) < 4.78 is 2.15. The van der Waals surface area contributed by atoms with Crippen LogP contribution >= 0.6 is 0 Å².